The molecule has 0 fully saturated rings. The van der Waals surface area contributed by atoms with Crippen LogP contribution in [-0.2, 0) is 18.6 Å². The normalized spacial score (nSPS) is 13.9. The van der Waals surface area contributed by atoms with Gasteiger partial charge in [-0.1, -0.05) is 30.3 Å². The average Bonchev–Trinajstić information content (AvgIpc) is 2.23. The maximum atomic E-state index is 12.1. The number of esters is 1. The molecule has 0 aliphatic rings. The molecule has 0 radical (unpaired) electrons. The van der Waals surface area contributed by atoms with Crippen LogP contribution >= 0.6 is 10.7 Å². The van der Waals surface area contributed by atoms with E-state index in [2.05, 4.69) is 0 Å². The summed E-state index contributed by atoms with van der Waals surface area (Å²) in [6.07, 6.45) is 0. The largest absolute Gasteiger partial charge is 0.459 e. The van der Waals surface area contributed by atoms with Crippen LogP contribution in [0.15, 0.2) is 30.3 Å². The summed E-state index contributed by atoms with van der Waals surface area (Å²) in [5.74, 6) is -1.99. The second kappa shape index (κ2) is 5.92. The molecule has 1 rings (SSSR count). The van der Waals surface area contributed by atoms with Crippen LogP contribution in [0.3, 0.4) is 0 Å². The van der Waals surface area contributed by atoms with Gasteiger partial charge in [0.1, 0.15) is 5.60 Å². The third-order valence-corrected chi connectivity index (χ3v) is 3.37. The third kappa shape index (κ3) is 6.07. The zero-order chi connectivity index (χ0) is 14.7. The number of rotatable bonds is 4. The minimum atomic E-state index is -3.80. The van der Waals surface area contributed by atoms with Crippen molar-refractivity contribution in [2.75, 3.05) is 5.75 Å². The van der Waals surface area contributed by atoms with Gasteiger partial charge in [0.15, 0.2) is 0 Å². The molecular weight excluding hydrogens is 288 g/mol. The van der Waals surface area contributed by atoms with Crippen LogP contribution in [0.1, 0.15) is 32.3 Å². The molecule has 6 heteroatoms. The highest BCUT2D eigenvalue weighted by molar-refractivity contribution is 8.13. The first-order chi connectivity index (χ1) is 8.58. The molecule has 106 valence electrons. The number of carbonyl (C=O) groups is 1. The zero-order valence-corrected chi connectivity index (χ0v) is 12.7. The van der Waals surface area contributed by atoms with Gasteiger partial charge in [0.05, 0.1) is 11.7 Å². The summed E-state index contributed by atoms with van der Waals surface area (Å²) in [5, 5.41) is 0. The van der Waals surface area contributed by atoms with Crippen LogP contribution in [0, 0.1) is 0 Å². The van der Waals surface area contributed by atoms with Gasteiger partial charge in [0, 0.05) is 10.7 Å². The Bertz CT molecular complexity index is 532. The molecule has 0 bridgehead atoms. The molecule has 4 nitrogen and oxygen atoms in total. The van der Waals surface area contributed by atoms with E-state index in [4.69, 9.17) is 15.4 Å². The van der Waals surface area contributed by atoms with E-state index in [1.807, 2.05) is 0 Å². The molecule has 0 aliphatic heterocycles. The van der Waals surface area contributed by atoms with Crippen molar-refractivity contribution >= 4 is 25.7 Å². The smallest absolute Gasteiger partial charge is 0.315 e. The summed E-state index contributed by atoms with van der Waals surface area (Å²) in [5.41, 5.74) is -0.110. The first kappa shape index (κ1) is 16.0. The lowest BCUT2D eigenvalue weighted by atomic mass is 10.0. The molecule has 1 aromatic carbocycles. The predicted octanol–water partition coefficient (Wildman–Crippen LogP) is 2.68. The minimum absolute atomic E-state index is 0.479. The van der Waals surface area contributed by atoms with E-state index in [1.165, 1.54) is 0 Å². The Kier molecular flexibility index (Phi) is 4.98. The number of hydrogen-bond donors (Lipinski definition) is 0. The zero-order valence-electron chi connectivity index (χ0n) is 11.1. The molecule has 19 heavy (non-hydrogen) atoms. The van der Waals surface area contributed by atoms with E-state index in [9.17, 15) is 13.2 Å². The van der Waals surface area contributed by atoms with Gasteiger partial charge in [0.2, 0.25) is 9.05 Å². The Morgan fingerprint density at radius 3 is 2.21 bits per heavy atom. The van der Waals surface area contributed by atoms with Gasteiger partial charge in [-0.2, -0.15) is 0 Å². The van der Waals surface area contributed by atoms with Crippen LogP contribution < -0.4 is 0 Å². The van der Waals surface area contributed by atoms with Crippen LogP contribution in [0.25, 0.3) is 0 Å². The SMILES string of the molecule is CC(C)(C)OC(=O)C(CS(=O)(=O)Cl)c1ccccc1. The lowest BCUT2D eigenvalue weighted by molar-refractivity contribution is -0.156. The first-order valence-electron chi connectivity index (χ1n) is 5.78. The van der Waals surface area contributed by atoms with Crippen molar-refractivity contribution in [3.63, 3.8) is 0 Å². The number of hydrogen-bond acceptors (Lipinski definition) is 4. The molecule has 0 heterocycles. The summed E-state index contributed by atoms with van der Waals surface area (Å²) in [6, 6.07) is 8.60. The molecule has 1 unspecified atom stereocenters. The van der Waals surface area contributed by atoms with E-state index in [0.29, 0.717) is 5.56 Å². The number of halogens is 1. The minimum Gasteiger partial charge on any atom is -0.459 e. The summed E-state index contributed by atoms with van der Waals surface area (Å²) in [6.45, 7) is 5.17. The van der Waals surface area contributed by atoms with Crippen LogP contribution in [0.2, 0.25) is 0 Å². The second-order valence-corrected chi connectivity index (χ2v) is 8.02. The van der Waals surface area contributed by atoms with Crippen LogP contribution in [0.5, 0.6) is 0 Å². The summed E-state index contributed by atoms with van der Waals surface area (Å²) >= 11 is 0. The topological polar surface area (TPSA) is 60.4 Å². The van der Waals surface area contributed by atoms with Gasteiger partial charge in [-0.05, 0) is 26.3 Å². The average molecular weight is 305 g/mol. The molecule has 0 spiro atoms. The van der Waals surface area contributed by atoms with E-state index in [-0.39, 0.29) is 0 Å². The van der Waals surface area contributed by atoms with Gasteiger partial charge in [-0.3, -0.25) is 4.79 Å². The van der Waals surface area contributed by atoms with Gasteiger partial charge < -0.3 is 4.74 Å². The molecule has 0 N–H and O–H groups in total. The molecule has 0 aliphatic carbocycles. The molecule has 1 atom stereocenters. The molecular formula is C13H17ClO4S. The highest BCUT2D eigenvalue weighted by Crippen LogP contribution is 2.23. The molecule has 0 saturated carbocycles. The molecule has 1 aromatic rings. The fraction of sp³-hybridized carbons (Fsp3) is 0.462. The third-order valence-electron chi connectivity index (χ3n) is 2.26. The van der Waals surface area contributed by atoms with Crippen molar-refractivity contribution in [2.45, 2.75) is 32.3 Å². The summed E-state index contributed by atoms with van der Waals surface area (Å²) < 4.78 is 27.7. The molecule has 0 aromatic heterocycles. The fourth-order valence-corrected chi connectivity index (χ4v) is 2.66. The van der Waals surface area contributed by atoms with Crippen LogP contribution in [0.4, 0.5) is 0 Å². The second-order valence-electron chi connectivity index (χ2n) is 5.20. The number of benzene rings is 1. The van der Waals surface area contributed by atoms with Crippen molar-refractivity contribution in [1.82, 2.24) is 0 Å². The fourth-order valence-electron chi connectivity index (χ4n) is 1.56. The quantitative estimate of drug-likeness (QED) is 0.634. The van der Waals surface area contributed by atoms with Crippen molar-refractivity contribution in [1.29, 1.82) is 0 Å². The van der Waals surface area contributed by atoms with E-state index in [1.54, 1.807) is 51.1 Å². The Labute approximate surface area is 118 Å². The molecule has 0 amide bonds. The Hall–Kier alpha value is -1.07. The van der Waals surface area contributed by atoms with Gasteiger partial charge in [-0.15, -0.1) is 0 Å². The summed E-state index contributed by atoms with van der Waals surface area (Å²) in [7, 11) is 1.46. The van der Waals surface area contributed by atoms with Crippen molar-refractivity contribution in [3.8, 4) is 0 Å². The first-order valence-corrected chi connectivity index (χ1v) is 8.26. The van der Waals surface area contributed by atoms with Gasteiger partial charge >= 0.3 is 5.97 Å². The Balaban J connectivity index is 3.03. The number of carbonyl (C=O) groups excluding carboxylic acids is 1. The highest BCUT2D eigenvalue weighted by atomic mass is 35.7. The lowest BCUT2D eigenvalue weighted by Crippen LogP contribution is -2.30. The highest BCUT2D eigenvalue weighted by Gasteiger charge is 2.30. The van der Waals surface area contributed by atoms with E-state index in [0.717, 1.165) is 0 Å². The van der Waals surface area contributed by atoms with E-state index < -0.39 is 32.3 Å². The van der Waals surface area contributed by atoms with Gasteiger partial charge in [0.25, 0.3) is 0 Å². The molecule has 0 saturated heterocycles. The Morgan fingerprint density at radius 2 is 1.79 bits per heavy atom. The van der Waals surface area contributed by atoms with E-state index >= 15 is 0 Å². The van der Waals surface area contributed by atoms with Crippen LogP contribution in [-0.4, -0.2) is 25.7 Å². The lowest BCUT2D eigenvalue weighted by Gasteiger charge is -2.23. The Morgan fingerprint density at radius 1 is 1.26 bits per heavy atom. The van der Waals surface area contributed by atoms with Gasteiger partial charge in [-0.25, -0.2) is 8.42 Å². The van der Waals surface area contributed by atoms with Crippen molar-refractivity contribution in [3.05, 3.63) is 35.9 Å². The number of ether oxygens (including phenoxy) is 1. The maximum absolute atomic E-state index is 12.1. The van der Waals surface area contributed by atoms with Crippen molar-refractivity contribution in [2.24, 2.45) is 0 Å². The predicted molar refractivity (Wildman–Crippen MR) is 74.7 cm³/mol. The monoisotopic (exact) mass is 304 g/mol. The maximum Gasteiger partial charge on any atom is 0.315 e. The summed E-state index contributed by atoms with van der Waals surface area (Å²) in [4.78, 5) is 12.1. The van der Waals surface area contributed by atoms with Crippen molar-refractivity contribution < 1.29 is 17.9 Å². The standard InChI is InChI=1S/C13H17ClO4S/c1-13(2,3)18-12(15)11(9-19(14,16)17)10-7-5-4-6-8-10/h4-8,11H,9H2,1-3H3.